The van der Waals surface area contributed by atoms with Gasteiger partial charge in [0.15, 0.2) is 0 Å². The molecule has 0 aliphatic carbocycles. The van der Waals surface area contributed by atoms with E-state index in [2.05, 4.69) is 46.4 Å². The molecule has 3 aliphatic rings. The van der Waals surface area contributed by atoms with E-state index in [0.717, 1.165) is 106 Å². The molecular weight excluding hydrogens is 1000 g/mol. The van der Waals surface area contributed by atoms with E-state index in [0.29, 0.717) is 71.8 Å². The molecule has 7 N–H and O–H groups in total. The number of aryl methyl sites for hydroxylation is 2. The van der Waals surface area contributed by atoms with Crippen LogP contribution in [0.3, 0.4) is 0 Å². The van der Waals surface area contributed by atoms with Gasteiger partial charge in [-0.2, -0.15) is 0 Å². The summed E-state index contributed by atoms with van der Waals surface area (Å²) in [4.78, 5) is 93.9. The maximum Gasteiger partial charge on any atom is 0.256 e. The van der Waals surface area contributed by atoms with E-state index in [1.165, 1.54) is 23.1 Å². The molecule has 3 atom stereocenters. The minimum Gasteiger partial charge on any atom is -0.391 e. The van der Waals surface area contributed by atoms with Gasteiger partial charge in [-0.1, -0.05) is 83.6 Å². The Hall–Kier alpha value is -6.28. The van der Waals surface area contributed by atoms with Crippen LogP contribution in [-0.2, 0) is 30.5 Å². The van der Waals surface area contributed by atoms with Crippen molar-refractivity contribution in [3.63, 3.8) is 0 Å². The second-order valence-electron chi connectivity index (χ2n) is 22.0. The van der Waals surface area contributed by atoms with Crippen LogP contribution in [0, 0.1) is 32.0 Å². The number of nitrogens with zero attached hydrogens (tertiary/aromatic N) is 4. The third-order valence-corrected chi connectivity index (χ3v) is 15.9. The van der Waals surface area contributed by atoms with E-state index in [-0.39, 0.29) is 55.0 Å². The molecule has 77 heavy (non-hydrogen) atoms. The number of aliphatic hydroxyl groups is 1. The number of carbonyl (C=O) groups is 6. The lowest BCUT2D eigenvalue weighted by Crippen LogP contribution is -2.57. The van der Waals surface area contributed by atoms with Crippen LogP contribution in [0.4, 0.5) is 10.1 Å². The standard InChI is InChI=1S/C58H79FN10O7S/c1-37-47(32-45-44-30-42(59)21-22-46(44)65-54(45)73)64-38(2)51(37)56(75)61-24-15-25-67-26-28-68(29-27-67)35-50(72)60-23-14-12-10-8-7-9-11-13-16-49(71)66-53(58(4,5)6)57(76)69-34-43(70)31-48(69)55(74)62-33-40-17-19-41(20-18-40)52-39(3)63-36-77-52/h17-22,30,32,36,43,48,53,64,70H,7-16,23-29,31,33-35H2,1-6H3,(H,60,72)(H,61,75)(H,62,74)(H,65,73)(H,66,71)/b45-32-/t43-,48+,53-/m1/s1. The predicted molar refractivity (Wildman–Crippen MR) is 299 cm³/mol. The number of hydrogen-bond donors (Lipinski definition) is 7. The number of rotatable bonds is 25. The number of H-pyrrole nitrogens is 1. The van der Waals surface area contributed by atoms with Gasteiger partial charge in [0.1, 0.15) is 17.9 Å². The van der Waals surface area contributed by atoms with E-state index < -0.39 is 29.4 Å². The number of hydrogen-bond acceptors (Lipinski definition) is 11. The molecule has 7 rings (SSSR count). The Morgan fingerprint density at radius 3 is 2.22 bits per heavy atom. The summed E-state index contributed by atoms with van der Waals surface area (Å²) in [7, 11) is 0. The molecule has 2 fully saturated rings. The number of amides is 6. The van der Waals surface area contributed by atoms with Crippen LogP contribution in [-0.4, -0.2) is 142 Å². The van der Waals surface area contributed by atoms with Crippen molar-refractivity contribution < 1.29 is 38.3 Å². The number of nitrogens with one attached hydrogen (secondary N) is 6. The molecular formula is C58H79FN10O7S. The van der Waals surface area contributed by atoms with Crippen molar-refractivity contribution in [1.82, 2.24) is 45.9 Å². The van der Waals surface area contributed by atoms with Gasteiger partial charge in [-0.05, 0) is 93.0 Å². The number of unbranched alkanes of at least 4 members (excludes halogenated alkanes) is 7. The van der Waals surface area contributed by atoms with Crippen LogP contribution in [0.15, 0.2) is 48.0 Å². The van der Waals surface area contributed by atoms with Crippen molar-refractivity contribution in [3.05, 3.63) is 93.1 Å². The van der Waals surface area contributed by atoms with Gasteiger partial charge >= 0.3 is 0 Å². The molecule has 3 aliphatic heterocycles. The minimum atomic E-state index is -0.856. The Morgan fingerprint density at radius 2 is 1.53 bits per heavy atom. The van der Waals surface area contributed by atoms with E-state index in [4.69, 9.17) is 0 Å². The van der Waals surface area contributed by atoms with Gasteiger partial charge in [0.2, 0.25) is 23.6 Å². The summed E-state index contributed by atoms with van der Waals surface area (Å²) in [6, 6.07) is 10.4. The monoisotopic (exact) mass is 1080 g/mol. The number of aliphatic hydroxyl groups excluding tert-OH is 1. The third-order valence-electron chi connectivity index (χ3n) is 14.9. The van der Waals surface area contributed by atoms with Crippen molar-refractivity contribution in [2.75, 3.05) is 64.2 Å². The molecule has 5 heterocycles. The predicted octanol–water partition coefficient (Wildman–Crippen LogP) is 6.87. The molecule has 416 valence electrons. The van der Waals surface area contributed by atoms with E-state index in [9.17, 15) is 38.3 Å². The van der Waals surface area contributed by atoms with Gasteiger partial charge in [-0.25, -0.2) is 9.37 Å². The van der Waals surface area contributed by atoms with E-state index >= 15 is 0 Å². The second-order valence-corrected chi connectivity index (χ2v) is 22.8. The number of fused-ring (bicyclic) bond motifs is 1. The van der Waals surface area contributed by atoms with Gasteiger partial charge in [0.25, 0.3) is 11.8 Å². The summed E-state index contributed by atoms with van der Waals surface area (Å²) in [5.41, 5.74) is 8.09. The summed E-state index contributed by atoms with van der Waals surface area (Å²) >= 11 is 1.58. The number of β-amino-alcohol motifs (C(OH)–C–C–N with tert-alkyl or cyclic N) is 1. The van der Waals surface area contributed by atoms with Gasteiger partial charge in [0.05, 0.1) is 39.9 Å². The quantitative estimate of drug-likeness (QED) is 0.0270. The molecule has 0 radical (unpaired) electrons. The summed E-state index contributed by atoms with van der Waals surface area (Å²) in [6.07, 6.45) is 9.84. The number of benzene rings is 2. The van der Waals surface area contributed by atoms with Crippen molar-refractivity contribution in [1.29, 1.82) is 0 Å². The van der Waals surface area contributed by atoms with Crippen molar-refractivity contribution in [3.8, 4) is 10.4 Å². The lowest BCUT2D eigenvalue weighted by atomic mass is 9.85. The first kappa shape index (κ1) is 58.4. The largest absolute Gasteiger partial charge is 0.391 e. The van der Waals surface area contributed by atoms with Crippen LogP contribution in [0.2, 0.25) is 0 Å². The van der Waals surface area contributed by atoms with E-state index in [1.807, 2.05) is 71.3 Å². The fourth-order valence-corrected chi connectivity index (χ4v) is 11.3. The highest BCUT2D eigenvalue weighted by Crippen LogP contribution is 2.35. The summed E-state index contributed by atoms with van der Waals surface area (Å²) < 4.78 is 14.0. The lowest BCUT2D eigenvalue weighted by Gasteiger charge is -2.35. The fourth-order valence-electron chi connectivity index (χ4n) is 10.4. The molecule has 6 amide bonds. The van der Waals surface area contributed by atoms with Crippen LogP contribution in [0.1, 0.15) is 136 Å². The average molecular weight is 1080 g/mol. The smallest absolute Gasteiger partial charge is 0.256 e. The van der Waals surface area contributed by atoms with Crippen molar-refractivity contribution in [2.45, 2.75) is 137 Å². The van der Waals surface area contributed by atoms with Crippen molar-refractivity contribution >= 4 is 64.1 Å². The summed E-state index contributed by atoms with van der Waals surface area (Å²) in [6.45, 7) is 17.3. The van der Waals surface area contributed by atoms with Crippen LogP contribution < -0.4 is 26.6 Å². The topological polar surface area (TPSA) is 221 Å². The molecule has 2 aromatic carbocycles. The zero-order valence-corrected chi connectivity index (χ0v) is 46.6. The molecule has 0 unspecified atom stereocenters. The zero-order valence-electron chi connectivity index (χ0n) is 45.7. The fraction of sp³-hybridized carbons (Fsp3) is 0.534. The SMILES string of the molecule is Cc1ncsc1-c1ccc(CNC(=O)[C@@H]2C[C@@H](O)CN2C(=O)[C@@H](NC(=O)CCCCCCCCCCNC(=O)CN2CCN(CCCNC(=O)c3c(C)[nH]c(/C=C4\C(=O)Nc5ccc(F)cc54)c3C)CC2)C(C)(C)C)cc1. The first-order valence-electron chi connectivity index (χ1n) is 27.4. The molecule has 4 aromatic rings. The van der Waals surface area contributed by atoms with Gasteiger partial charge < -0.3 is 46.5 Å². The van der Waals surface area contributed by atoms with Crippen LogP contribution in [0.5, 0.6) is 0 Å². The van der Waals surface area contributed by atoms with Gasteiger partial charge in [-0.3, -0.25) is 33.7 Å². The summed E-state index contributed by atoms with van der Waals surface area (Å²) in [5, 5.41) is 25.4. The molecule has 2 saturated heterocycles. The van der Waals surface area contributed by atoms with Gasteiger partial charge in [0, 0.05) is 87.8 Å². The number of likely N-dealkylation sites (tertiary alicyclic amines) is 1. The number of piperazine rings is 1. The van der Waals surface area contributed by atoms with Crippen molar-refractivity contribution in [2.24, 2.45) is 5.41 Å². The third kappa shape index (κ3) is 16.1. The maximum atomic E-state index is 14.0. The molecule has 0 bridgehead atoms. The normalized spacial score (nSPS) is 17.8. The Bertz CT molecular complexity index is 2740. The minimum absolute atomic E-state index is 0.0269. The first-order valence-corrected chi connectivity index (χ1v) is 28.3. The van der Waals surface area contributed by atoms with E-state index in [1.54, 1.807) is 17.4 Å². The van der Waals surface area contributed by atoms with Crippen LogP contribution in [0.25, 0.3) is 22.1 Å². The average Bonchev–Trinajstić information content (AvgIpc) is 4.21. The van der Waals surface area contributed by atoms with Crippen LogP contribution >= 0.6 is 11.3 Å². The molecule has 19 heteroatoms. The number of carbonyl (C=O) groups excluding carboxylic acids is 6. The molecule has 2 aromatic heterocycles. The number of aromatic amines is 1. The highest BCUT2D eigenvalue weighted by Gasteiger charge is 2.44. The number of halogens is 1. The maximum absolute atomic E-state index is 14.0. The Morgan fingerprint density at radius 1 is 0.857 bits per heavy atom. The Labute approximate surface area is 456 Å². The molecule has 17 nitrogen and oxygen atoms in total. The van der Waals surface area contributed by atoms with Gasteiger partial charge in [-0.15, -0.1) is 11.3 Å². The lowest BCUT2D eigenvalue weighted by molar-refractivity contribution is -0.144. The first-order chi connectivity index (χ1) is 36.9. The molecule has 0 spiro atoms. The number of thiazole rings is 1. The molecule has 0 saturated carbocycles. The Balaban J connectivity index is 0.695. The number of aromatic nitrogens is 2. The Kier molecular flexibility index (Phi) is 20.7. The summed E-state index contributed by atoms with van der Waals surface area (Å²) in [5.74, 6) is -1.80. The second kappa shape index (κ2) is 27.3. The highest BCUT2D eigenvalue weighted by atomic mass is 32.1. The number of anilines is 1. The highest BCUT2D eigenvalue weighted by molar-refractivity contribution is 7.13. The zero-order chi connectivity index (χ0) is 55.2.